The average Bonchev–Trinajstić information content (AvgIpc) is 2.85. The van der Waals surface area contributed by atoms with Gasteiger partial charge >= 0.3 is 10.8 Å². The Bertz CT molecular complexity index is 616. The van der Waals surface area contributed by atoms with Crippen molar-refractivity contribution in [2.45, 2.75) is 11.7 Å². The van der Waals surface area contributed by atoms with Crippen LogP contribution < -0.4 is 10.6 Å². The highest BCUT2D eigenvalue weighted by atomic mass is 32.2. The number of hydrogen-bond donors (Lipinski definition) is 3. The van der Waals surface area contributed by atoms with Gasteiger partial charge in [-0.1, -0.05) is 23.1 Å². The zero-order chi connectivity index (χ0) is 13.1. The number of nitrogen functional groups attached to an aromatic ring is 1. The maximum absolute atomic E-state index is 11.0. The van der Waals surface area contributed by atoms with Gasteiger partial charge in [-0.15, -0.1) is 10.2 Å². The van der Waals surface area contributed by atoms with Gasteiger partial charge in [0.05, 0.1) is 12.3 Å². The topological polar surface area (TPSA) is 127 Å². The highest BCUT2D eigenvalue weighted by Gasteiger charge is 2.12. The predicted octanol–water partition coefficient (Wildman–Crippen LogP) is -0.165. The van der Waals surface area contributed by atoms with Crippen LogP contribution >= 0.6 is 23.1 Å². The fourth-order valence-corrected chi connectivity index (χ4v) is 2.48. The quantitative estimate of drug-likeness (QED) is 0.652. The molecule has 0 radical (unpaired) electrons. The van der Waals surface area contributed by atoms with Gasteiger partial charge in [0.1, 0.15) is 0 Å². The highest BCUT2D eigenvalue weighted by Crippen LogP contribution is 2.19. The number of anilines is 1. The third-order valence-corrected chi connectivity index (χ3v) is 3.64. The number of nitrogens with one attached hydrogen (secondary N) is 1. The molecule has 4 N–H and O–H groups in total. The van der Waals surface area contributed by atoms with Crippen LogP contribution in [-0.2, 0) is 11.3 Å². The molecule has 0 saturated heterocycles. The van der Waals surface area contributed by atoms with E-state index >= 15 is 0 Å². The number of carbonyl (C=O) groups is 1. The van der Waals surface area contributed by atoms with E-state index in [-0.39, 0.29) is 16.6 Å². The molecule has 0 aliphatic rings. The first-order valence-corrected chi connectivity index (χ1v) is 6.62. The van der Waals surface area contributed by atoms with Crippen LogP contribution in [0.5, 0.6) is 0 Å². The number of carboxylic acid groups (broad SMARTS) is 1. The van der Waals surface area contributed by atoms with Crippen LogP contribution in [0.2, 0.25) is 0 Å². The second-order valence-corrected chi connectivity index (χ2v) is 5.07. The first-order valence-electron chi connectivity index (χ1n) is 4.76. The molecule has 0 fully saturated rings. The third kappa shape index (κ3) is 2.90. The third-order valence-electron chi connectivity index (χ3n) is 1.97. The Balaban J connectivity index is 2.18. The van der Waals surface area contributed by atoms with Crippen LogP contribution in [-0.4, -0.2) is 36.6 Å². The van der Waals surface area contributed by atoms with Gasteiger partial charge in [0.2, 0.25) is 5.95 Å². The molecule has 96 valence electrons. The number of aromatic nitrogens is 4. The van der Waals surface area contributed by atoms with E-state index in [1.165, 1.54) is 0 Å². The lowest BCUT2D eigenvalue weighted by Crippen LogP contribution is -2.08. The van der Waals surface area contributed by atoms with Crippen LogP contribution in [0, 0.1) is 0 Å². The van der Waals surface area contributed by atoms with Gasteiger partial charge in [0, 0.05) is 11.1 Å². The van der Waals surface area contributed by atoms with Crippen molar-refractivity contribution in [3.8, 4) is 0 Å². The van der Waals surface area contributed by atoms with E-state index in [9.17, 15) is 9.59 Å². The number of thiazole rings is 1. The summed E-state index contributed by atoms with van der Waals surface area (Å²) in [6.45, 7) is 0.305. The van der Waals surface area contributed by atoms with Crippen molar-refractivity contribution in [3.63, 3.8) is 0 Å². The van der Waals surface area contributed by atoms with E-state index in [1.807, 2.05) is 0 Å². The number of H-pyrrole nitrogens is 1. The van der Waals surface area contributed by atoms with Crippen LogP contribution in [0.3, 0.4) is 0 Å². The number of hydrogen-bond acceptors (Lipinski definition) is 7. The lowest BCUT2D eigenvalue weighted by atomic mass is 10.5. The number of thioether (sulfide) groups is 1. The zero-order valence-electron chi connectivity index (χ0n) is 8.99. The number of carboxylic acids is 1. The molecule has 0 aliphatic heterocycles. The van der Waals surface area contributed by atoms with Gasteiger partial charge in [-0.3, -0.25) is 14.2 Å². The largest absolute Gasteiger partial charge is 0.481 e. The molecule has 8 nitrogen and oxygen atoms in total. The van der Waals surface area contributed by atoms with Crippen molar-refractivity contribution >= 4 is 35.0 Å². The molecule has 2 rings (SSSR count). The Morgan fingerprint density at radius 3 is 3.00 bits per heavy atom. The van der Waals surface area contributed by atoms with Gasteiger partial charge in [-0.05, 0) is 0 Å². The second-order valence-electron chi connectivity index (χ2n) is 3.28. The maximum atomic E-state index is 11.0. The number of rotatable bonds is 5. The summed E-state index contributed by atoms with van der Waals surface area (Å²) in [5.74, 6) is -0.898. The fraction of sp³-hybridized carbons (Fsp3) is 0.250. The number of nitrogens with two attached hydrogens (primary N) is 1. The van der Waals surface area contributed by atoms with Crippen LogP contribution in [0.25, 0.3) is 0 Å². The lowest BCUT2D eigenvalue weighted by molar-refractivity contribution is -0.133. The smallest absolute Gasteiger partial charge is 0.313 e. The van der Waals surface area contributed by atoms with Crippen molar-refractivity contribution in [3.05, 3.63) is 20.7 Å². The molecule has 2 aromatic rings. The molecule has 0 amide bonds. The number of aromatic amines is 1. The van der Waals surface area contributed by atoms with Gasteiger partial charge in [0.25, 0.3) is 0 Å². The van der Waals surface area contributed by atoms with Gasteiger partial charge in [-0.2, -0.15) is 0 Å². The van der Waals surface area contributed by atoms with Gasteiger partial charge < -0.3 is 15.8 Å². The van der Waals surface area contributed by atoms with Crippen molar-refractivity contribution in [1.29, 1.82) is 0 Å². The summed E-state index contributed by atoms with van der Waals surface area (Å²) in [5, 5.41) is 18.2. The summed E-state index contributed by atoms with van der Waals surface area (Å²) < 4.78 is 1.55. The zero-order valence-corrected chi connectivity index (χ0v) is 10.6. The van der Waals surface area contributed by atoms with Crippen molar-refractivity contribution in [2.75, 3.05) is 11.5 Å². The van der Waals surface area contributed by atoms with E-state index in [0.717, 1.165) is 23.1 Å². The molecule has 10 heteroatoms. The summed E-state index contributed by atoms with van der Waals surface area (Å²) >= 11 is 2.07. The number of nitrogens with zero attached hydrogens (tertiary/aromatic N) is 3. The van der Waals surface area contributed by atoms with E-state index in [4.69, 9.17) is 10.8 Å². The lowest BCUT2D eigenvalue weighted by Gasteiger charge is -2.05. The van der Waals surface area contributed by atoms with E-state index in [0.29, 0.717) is 17.4 Å². The molecule has 0 unspecified atom stereocenters. The standard InChI is InChI=1S/C8H9N5O3S2/c9-6-11-12-7(17-3-5(14)15)13(6)1-4-2-18-8(16)10-4/h2H,1,3H2,(H2,9,11)(H,10,16)(H,14,15). The molecule has 2 heterocycles. The maximum Gasteiger partial charge on any atom is 0.313 e. The van der Waals surface area contributed by atoms with Crippen molar-refractivity contribution in [2.24, 2.45) is 0 Å². The average molecular weight is 287 g/mol. The Labute approximate surface area is 109 Å². The SMILES string of the molecule is Nc1nnc(SCC(=O)O)n1Cc1csc(=O)[nH]1. The molecule has 0 aliphatic carbocycles. The Morgan fingerprint density at radius 1 is 1.61 bits per heavy atom. The minimum Gasteiger partial charge on any atom is -0.481 e. The monoisotopic (exact) mass is 287 g/mol. The number of aliphatic carboxylic acids is 1. The fourth-order valence-electron chi connectivity index (χ4n) is 1.24. The predicted molar refractivity (Wildman–Crippen MR) is 66.8 cm³/mol. The minimum absolute atomic E-state index is 0.127. The normalized spacial score (nSPS) is 10.7. The van der Waals surface area contributed by atoms with Crippen LogP contribution in [0.4, 0.5) is 5.95 Å². The Morgan fingerprint density at radius 2 is 2.39 bits per heavy atom. The molecule has 18 heavy (non-hydrogen) atoms. The first-order chi connectivity index (χ1) is 8.56. The van der Waals surface area contributed by atoms with Crippen molar-refractivity contribution in [1.82, 2.24) is 19.7 Å². The minimum atomic E-state index is -0.947. The first kappa shape index (κ1) is 12.6. The van der Waals surface area contributed by atoms with Crippen LogP contribution in [0.1, 0.15) is 5.69 Å². The second kappa shape index (κ2) is 5.23. The van der Waals surface area contributed by atoms with Gasteiger partial charge in [0.15, 0.2) is 5.16 Å². The van der Waals surface area contributed by atoms with E-state index in [2.05, 4.69) is 15.2 Å². The summed E-state index contributed by atoms with van der Waals surface area (Å²) in [4.78, 5) is 24.0. The molecule has 0 atom stereocenters. The van der Waals surface area contributed by atoms with Crippen LogP contribution in [0.15, 0.2) is 15.3 Å². The van der Waals surface area contributed by atoms with E-state index < -0.39 is 5.97 Å². The molecule has 0 aromatic carbocycles. The molecule has 0 saturated carbocycles. The molecule has 0 spiro atoms. The van der Waals surface area contributed by atoms with E-state index in [1.54, 1.807) is 9.95 Å². The summed E-state index contributed by atoms with van der Waals surface area (Å²) in [6.07, 6.45) is 0. The summed E-state index contributed by atoms with van der Waals surface area (Å²) in [6, 6.07) is 0. The Kier molecular flexibility index (Phi) is 3.67. The van der Waals surface area contributed by atoms with Crippen molar-refractivity contribution < 1.29 is 9.90 Å². The molecule has 2 aromatic heterocycles. The highest BCUT2D eigenvalue weighted by molar-refractivity contribution is 7.99. The summed E-state index contributed by atoms with van der Waals surface area (Å²) in [7, 11) is 0. The Hall–Kier alpha value is -1.81. The molecule has 0 bridgehead atoms. The molecular weight excluding hydrogens is 278 g/mol. The molecular formula is C8H9N5O3S2. The van der Waals surface area contributed by atoms with Gasteiger partial charge in [-0.25, -0.2) is 0 Å². The summed E-state index contributed by atoms with van der Waals surface area (Å²) in [5.41, 5.74) is 6.32.